The van der Waals surface area contributed by atoms with Crippen LogP contribution in [0.25, 0.3) is 0 Å². The molecule has 1 rings (SSSR count). The number of carboxylic acid groups (broad SMARTS) is 2. The number of halogens is 34. The summed E-state index contributed by atoms with van der Waals surface area (Å²) in [6.07, 6.45) is -43.9. The van der Waals surface area contributed by atoms with Gasteiger partial charge in [-0.2, -0.15) is 140 Å². The van der Waals surface area contributed by atoms with E-state index in [4.69, 9.17) is 30.6 Å². The lowest BCUT2D eigenvalue weighted by molar-refractivity contribution is -0.472. The average molecular weight is 1390 g/mol. The van der Waals surface area contributed by atoms with E-state index in [-0.39, 0.29) is 24.7 Å². The molecule has 0 amide bonds. The van der Waals surface area contributed by atoms with Crippen LogP contribution in [0.4, 0.5) is 149 Å². The van der Waals surface area contributed by atoms with Gasteiger partial charge in [0.05, 0.1) is 31.0 Å². The number of carbonyl (C=O) groups excluding carboxylic acids is 2. The van der Waals surface area contributed by atoms with Gasteiger partial charge in [0.25, 0.3) is 0 Å². The van der Waals surface area contributed by atoms with E-state index in [1.807, 2.05) is 0 Å². The predicted octanol–water partition coefficient (Wildman–Crippen LogP) is 12.6. The van der Waals surface area contributed by atoms with E-state index >= 15 is 0 Å². The third kappa shape index (κ3) is 19.4. The van der Waals surface area contributed by atoms with Crippen LogP contribution in [0.2, 0.25) is 0 Å². The Hall–Kier alpha value is -6.22. The number of aliphatic hydroxyl groups excluding tert-OH is 4. The molecule has 0 saturated carbocycles. The zero-order valence-corrected chi connectivity index (χ0v) is 43.1. The first kappa shape index (κ1) is 89.2. The molecular formula is C43H40F34O12. The lowest BCUT2D eigenvalue weighted by Gasteiger charge is -2.45. The Kier molecular flexibility index (Phi) is 30.3. The number of benzene rings is 1. The van der Waals surface area contributed by atoms with E-state index in [9.17, 15) is 168 Å². The summed E-state index contributed by atoms with van der Waals surface area (Å²) in [4.78, 5) is 40.7. The molecule has 12 nitrogen and oxygen atoms in total. The highest BCUT2D eigenvalue weighted by Gasteiger charge is 2.99. The second kappa shape index (κ2) is 30.3. The summed E-state index contributed by atoms with van der Waals surface area (Å²) < 4.78 is 453. The fraction of sp³-hybridized carbons (Fsp3) is 0.628. The highest BCUT2D eigenvalue weighted by atomic mass is 19.5. The van der Waals surface area contributed by atoms with Gasteiger partial charge in [0.2, 0.25) is 0 Å². The maximum absolute atomic E-state index is 13.7. The normalized spacial score (nSPS) is 14.7. The zero-order chi connectivity index (χ0) is 72.9. The second-order valence-electron chi connectivity index (χ2n) is 17.4. The Morgan fingerprint density at radius 3 is 0.820 bits per heavy atom. The number of aliphatic hydroxyl groups is 4. The van der Waals surface area contributed by atoms with Gasteiger partial charge >= 0.3 is 119 Å². The van der Waals surface area contributed by atoms with Crippen LogP contribution in [0.15, 0.2) is 68.3 Å². The maximum atomic E-state index is 13.7. The van der Waals surface area contributed by atoms with E-state index in [1.54, 1.807) is 44.2 Å². The molecule has 2 unspecified atom stereocenters. The number of carbonyl (C=O) groups is 4. The number of hydrogen-bond acceptors (Lipinski definition) is 10. The van der Waals surface area contributed by atoms with Crippen molar-refractivity contribution < 1.29 is 209 Å². The van der Waals surface area contributed by atoms with Crippen LogP contribution >= 0.6 is 0 Å². The van der Waals surface area contributed by atoms with Crippen LogP contribution < -0.4 is 0 Å². The molecule has 522 valence electrons. The van der Waals surface area contributed by atoms with Crippen LogP contribution in [-0.4, -0.2) is 188 Å². The first-order valence-corrected chi connectivity index (χ1v) is 21.6. The fourth-order valence-corrected chi connectivity index (χ4v) is 4.79. The highest BCUT2D eigenvalue weighted by Crippen LogP contribution is 2.67. The first-order valence-electron chi connectivity index (χ1n) is 21.6. The van der Waals surface area contributed by atoms with Crippen molar-refractivity contribution in [3.8, 4) is 0 Å². The Labute approximate surface area is 472 Å². The molecule has 0 spiro atoms. The number of esters is 2. The van der Waals surface area contributed by atoms with Gasteiger partial charge in [0.1, 0.15) is 13.2 Å². The SMILES string of the molecule is C=CC(=O)O.C=CC(=O)OCC(O)CC(F)(F)C(F)(F)C(F)(F)C(F)(F)C(F)(C(F)(F)F)C(F)(F)F.C=CC(=O)OCC(O)CC(F)(F)C(F)(F)C(F)(F)C(F)(F)C(F)(F)C(F)(F)C(F)(C(F)(F)F)C(F)(F)F.CC(C)(CO)CO.O=C(O)c1ccccc1. The van der Waals surface area contributed by atoms with Crippen molar-refractivity contribution in [2.45, 2.75) is 134 Å². The predicted molar refractivity (Wildman–Crippen MR) is 224 cm³/mol. The third-order valence-corrected chi connectivity index (χ3v) is 9.92. The molecule has 0 aliphatic rings. The highest BCUT2D eigenvalue weighted by molar-refractivity contribution is 5.87. The van der Waals surface area contributed by atoms with Crippen molar-refractivity contribution in [3.05, 3.63) is 73.9 Å². The molecule has 0 fully saturated rings. The second-order valence-corrected chi connectivity index (χ2v) is 17.4. The van der Waals surface area contributed by atoms with Crippen molar-refractivity contribution in [1.29, 1.82) is 0 Å². The minimum atomic E-state index is -9.11. The van der Waals surface area contributed by atoms with Crippen LogP contribution in [0.5, 0.6) is 0 Å². The van der Waals surface area contributed by atoms with Crippen molar-refractivity contribution >= 4 is 23.9 Å². The molecule has 0 heterocycles. The van der Waals surface area contributed by atoms with Gasteiger partial charge < -0.3 is 40.1 Å². The van der Waals surface area contributed by atoms with E-state index in [0.717, 1.165) is 6.08 Å². The number of alkyl halides is 34. The third-order valence-electron chi connectivity index (χ3n) is 9.92. The molecule has 89 heavy (non-hydrogen) atoms. The van der Waals surface area contributed by atoms with E-state index in [2.05, 4.69) is 29.2 Å². The Morgan fingerprint density at radius 2 is 0.640 bits per heavy atom. The number of aliphatic carboxylic acids is 1. The Morgan fingerprint density at radius 1 is 0.416 bits per heavy atom. The standard InChI is InChI=1S/C15H9F19O3.C13H9F15O3.C7H6O2.C5H12O2.C3H4O2/c1-2-6(36)37-4-5(35)3-7(16,17)9(19,20)11(23,24)13(27,28)12(25,26)10(21,22)8(18,14(29,30)31)15(32,33)34;1-2-6(30)31-4-5(29)3-7(14,15)9(17,18)11(21,22)10(19,20)8(16,12(23,24)25)13(26,27)28;8-7(9)6-4-2-1-3-5-6;1-5(2,3-6)4-7;1-2-3(4)5/h2,5,35H,1,3-4H2;2,5,29H,1,3-4H2;1-5H,(H,8,9);6-7H,3-4H2,1-2H3;2H,1H2,(H,4,5). The molecular weight excluding hydrogens is 1350 g/mol. The van der Waals surface area contributed by atoms with E-state index in [1.165, 1.54) is 0 Å². The van der Waals surface area contributed by atoms with Gasteiger partial charge in [0, 0.05) is 36.5 Å². The molecule has 0 aromatic heterocycles. The lowest BCUT2D eigenvalue weighted by Crippen LogP contribution is -2.77. The molecule has 0 aliphatic heterocycles. The van der Waals surface area contributed by atoms with E-state index < -0.39 is 157 Å². The molecule has 6 N–H and O–H groups in total. The summed E-state index contributed by atoms with van der Waals surface area (Å²) in [5.74, 6) is -87.1. The molecule has 0 aliphatic carbocycles. The van der Waals surface area contributed by atoms with Crippen molar-refractivity contribution in [2.24, 2.45) is 5.41 Å². The molecule has 46 heteroatoms. The van der Waals surface area contributed by atoms with E-state index in [0.29, 0.717) is 11.6 Å². The summed E-state index contributed by atoms with van der Waals surface area (Å²) in [7, 11) is 0. The summed E-state index contributed by atoms with van der Waals surface area (Å²) >= 11 is 0. The van der Waals surface area contributed by atoms with Crippen LogP contribution in [-0.2, 0) is 23.9 Å². The fourth-order valence-electron chi connectivity index (χ4n) is 4.79. The summed E-state index contributed by atoms with van der Waals surface area (Å²) in [6.45, 7) is 8.58. The first-order chi connectivity index (χ1) is 38.9. The summed E-state index contributed by atoms with van der Waals surface area (Å²) in [6, 6.07) is 8.30. The minimum absolute atomic E-state index is 0.0451. The van der Waals surface area contributed by atoms with Crippen LogP contribution in [0.3, 0.4) is 0 Å². The molecule has 0 radical (unpaired) electrons. The average Bonchev–Trinajstić information content (AvgIpc) is 3.08. The van der Waals surface area contributed by atoms with Gasteiger partial charge in [0.15, 0.2) is 0 Å². The summed E-state index contributed by atoms with van der Waals surface area (Å²) in [5, 5.41) is 50.9. The van der Waals surface area contributed by atoms with Gasteiger partial charge in [-0.3, -0.25) is 0 Å². The minimum Gasteiger partial charge on any atom is -0.478 e. The van der Waals surface area contributed by atoms with Gasteiger partial charge in [-0.1, -0.05) is 51.8 Å². The summed E-state index contributed by atoms with van der Waals surface area (Å²) in [5.41, 5.74) is -17.2. The monoisotopic (exact) mass is 1390 g/mol. The number of hydrogen-bond donors (Lipinski definition) is 6. The number of ether oxygens (including phenoxy) is 2. The van der Waals surface area contributed by atoms with Crippen LogP contribution in [0.1, 0.15) is 37.0 Å². The Bertz CT molecular complexity index is 2440. The van der Waals surface area contributed by atoms with Crippen molar-refractivity contribution in [3.63, 3.8) is 0 Å². The topological polar surface area (TPSA) is 208 Å². The molecule has 2 atom stereocenters. The number of aromatic carboxylic acids is 1. The van der Waals surface area contributed by atoms with Gasteiger partial charge in [-0.05, 0) is 12.1 Å². The largest absolute Gasteiger partial charge is 0.478 e. The van der Waals surface area contributed by atoms with Crippen LogP contribution in [0, 0.1) is 5.41 Å². The molecule has 1 aromatic rings. The Balaban J connectivity index is -0.000000613. The molecule has 0 bridgehead atoms. The smallest absolute Gasteiger partial charge is 0.438 e. The molecule has 0 saturated heterocycles. The van der Waals surface area contributed by atoms with Gasteiger partial charge in [-0.15, -0.1) is 0 Å². The van der Waals surface area contributed by atoms with Crippen molar-refractivity contribution in [2.75, 3.05) is 26.4 Å². The number of carboxylic acids is 2. The number of rotatable bonds is 24. The van der Waals surface area contributed by atoms with Gasteiger partial charge in [-0.25, -0.2) is 28.0 Å². The molecule has 1 aromatic carbocycles. The quantitative estimate of drug-likeness (QED) is 0.0325. The zero-order valence-electron chi connectivity index (χ0n) is 43.1. The van der Waals surface area contributed by atoms with Crippen molar-refractivity contribution in [1.82, 2.24) is 0 Å². The lowest BCUT2D eigenvalue weighted by atomic mass is 9.83. The maximum Gasteiger partial charge on any atom is 0.438 e.